The number of esters is 1. The van der Waals surface area contributed by atoms with Gasteiger partial charge >= 0.3 is 5.97 Å². The summed E-state index contributed by atoms with van der Waals surface area (Å²) in [7, 11) is 0. The van der Waals surface area contributed by atoms with Crippen LogP contribution in [0.3, 0.4) is 0 Å². The minimum absolute atomic E-state index is 0.0377. The Labute approximate surface area is 133 Å². The van der Waals surface area contributed by atoms with E-state index in [1.165, 1.54) is 25.7 Å². The van der Waals surface area contributed by atoms with E-state index in [4.69, 9.17) is 24.8 Å². The zero-order chi connectivity index (χ0) is 16.6. The van der Waals surface area contributed by atoms with Crippen molar-refractivity contribution in [3.05, 3.63) is 0 Å². The molecular weight excluding hydrogens is 288 g/mol. The average Bonchev–Trinajstić information content (AvgIpc) is 2.53. The van der Waals surface area contributed by atoms with E-state index in [1.807, 2.05) is 0 Å². The van der Waals surface area contributed by atoms with Gasteiger partial charge < -0.3 is 24.8 Å². The smallest absolute Gasteiger partial charge is 0.305 e. The van der Waals surface area contributed by atoms with E-state index < -0.39 is 18.8 Å². The fourth-order valence-corrected chi connectivity index (χ4v) is 1.94. The standard InChI is InChI=1S/C16H32O6/c1-2-3-4-5-6-7-8-9-16(20)22-13-15(11-18)21-12-14(19)10-17/h14-15,17-19H,2-13H2,1H3. The van der Waals surface area contributed by atoms with Gasteiger partial charge in [0.15, 0.2) is 0 Å². The van der Waals surface area contributed by atoms with Crippen LogP contribution in [0.4, 0.5) is 0 Å². The SMILES string of the molecule is CCCCCCCCCC(=O)OCC(CO)OCC(O)CO. The molecule has 0 aromatic rings. The van der Waals surface area contributed by atoms with Gasteiger partial charge in [0.05, 0.1) is 19.8 Å². The molecular formula is C16H32O6. The first-order chi connectivity index (χ1) is 10.6. The summed E-state index contributed by atoms with van der Waals surface area (Å²) >= 11 is 0. The second-order valence-electron chi connectivity index (χ2n) is 5.53. The molecule has 6 heteroatoms. The first kappa shape index (κ1) is 21.3. The molecule has 0 radical (unpaired) electrons. The van der Waals surface area contributed by atoms with Crippen molar-refractivity contribution in [2.24, 2.45) is 0 Å². The van der Waals surface area contributed by atoms with Crippen LogP contribution in [0.1, 0.15) is 58.3 Å². The first-order valence-corrected chi connectivity index (χ1v) is 8.31. The van der Waals surface area contributed by atoms with Gasteiger partial charge in [-0.15, -0.1) is 0 Å². The molecule has 0 aromatic heterocycles. The van der Waals surface area contributed by atoms with Gasteiger partial charge in [0.2, 0.25) is 0 Å². The highest BCUT2D eigenvalue weighted by molar-refractivity contribution is 5.69. The number of aliphatic hydroxyl groups excluding tert-OH is 3. The summed E-state index contributed by atoms with van der Waals surface area (Å²) in [5.74, 6) is -0.293. The molecule has 0 rings (SSSR count). The van der Waals surface area contributed by atoms with Gasteiger partial charge in [0.25, 0.3) is 0 Å². The van der Waals surface area contributed by atoms with Gasteiger partial charge in [0, 0.05) is 6.42 Å². The van der Waals surface area contributed by atoms with E-state index in [0.717, 1.165) is 19.3 Å². The highest BCUT2D eigenvalue weighted by atomic mass is 16.6. The van der Waals surface area contributed by atoms with E-state index >= 15 is 0 Å². The van der Waals surface area contributed by atoms with Crippen LogP contribution in [-0.2, 0) is 14.3 Å². The number of rotatable bonds is 15. The maximum atomic E-state index is 11.5. The molecule has 2 atom stereocenters. The Hall–Kier alpha value is -0.690. The summed E-state index contributed by atoms with van der Waals surface area (Å²) in [5.41, 5.74) is 0. The predicted octanol–water partition coefficient (Wildman–Crippen LogP) is 1.40. The zero-order valence-electron chi connectivity index (χ0n) is 13.7. The Morgan fingerprint density at radius 3 is 2.18 bits per heavy atom. The first-order valence-electron chi connectivity index (χ1n) is 8.31. The molecule has 0 fully saturated rings. The summed E-state index contributed by atoms with van der Waals surface area (Å²) in [6.07, 6.45) is 6.70. The molecule has 0 aliphatic heterocycles. The minimum Gasteiger partial charge on any atom is -0.463 e. The Bertz CT molecular complexity index is 259. The maximum Gasteiger partial charge on any atom is 0.305 e. The second-order valence-corrected chi connectivity index (χ2v) is 5.53. The molecule has 0 saturated carbocycles. The number of carbonyl (C=O) groups excluding carboxylic acids is 1. The van der Waals surface area contributed by atoms with Crippen molar-refractivity contribution >= 4 is 5.97 Å². The molecule has 0 saturated heterocycles. The van der Waals surface area contributed by atoms with Crippen LogP contribution < -0.4 is 0 Å². The van der Waals surface area contributed by atoms with Gasteiger partial charge in [-0.1, -0.05) is 45.4 Å². The quantitative estimate of drug-likeness (QED) is 0.312. The van der Waals surface area contributed by atoms with Crippen molar-refractivity contribution < 1.29 is 29.6 Å². The molecule has 0 bridgehead atoms. The van der Waals surface area contributed by atoms with Crippen LogP contribution in [0.5, 0.6) is 0 Å². The number of hydrogen-bond acceptors (Lipinski definition) is 6. The molecule has 0 heterocycles. The molecule has 0 amide bonds. The molecule has 0 aromatic carbocycles. The Morgan fingerprint density at radius 1 is 0.955 bits per heavy atom. The van der Waals surface area contributed by atoms with Crippen LogP contribution in [0.15, 0.2) is 0 Å². The Morgan fingerprint density at radius 2 is 1.59 bits per heavy atom. The van der Waals surface area contributed by atoms with Gasteiger partial charge in [-0.3, -0.25) is 4.79 Å². The van der Waals surface area contributed by atoms with Crippen molar-refractivity contribution in [1.82, 2.24) is 0 Å². The molecule has 0 aliphatic rings. The molecule has 3 N–H and O–H groups in total. The predicted molar refractivity (Wildman–Crippen MR) is 83.5 cm³/mol. The van der Waals surface area contributed by atoms with Crippen LogP contribution in [0, 0.1) is 0 Å². The van der Waals surface area contributed by atoms with Crippen LogP contribution >= 0.6 is 0 Å². The number of carbonyl (C=O) groups is 1. The van der Waals surface area contributed by atoms with E-state index in [2.05, 4.69) is 6.92 Å². The fourth-order valence-electron chi connectivity index (χ4n) is 1.94. The van der Waals surface area contributed by atoms with Gasteiger partial charge in [-0.05, 0) is 6.42 Å². The van der Waals surface area contributed by atoms with Gasteiger partial charge in [-0.2, -0.15) is 0 Å². The lowest BCUT2D eigenvalue weighted by Gasteiger charge is -2.17. The van der Waals surface area contributed by atoms with Crippen LogP contribution in [0.25, 0.3) is 0 Å². The third-order valence-electron chi connectivity index (χ3n) is 3.35. The van der Waals surface area contributed by atoms with Crippen molar-refractivity contribution in [1.29, 1.82) is 0 Å². The van der Waals surface area contributed by atoms with Crippen molar-refractivity contribution in [3.8, 4) is 0 Å². The maximum absolute atomic E-state index is 11.5. The van der Waals surface area contributed by atoms with Crippen molar-refractivity contribution in [3.63, 3.8) is 0 Å². The lowest BCUT2D eigenvalue weighted by Crippen LogP contribution is -2.30. The highest BCUT2D eigenvalue weighted by Crippen LogP contribution is 2.09. The Kier molecular flexibility index (Phi) is 14.7. The van der Waals surface area contributed by atoms with Crippen LogP contribution in [0.2, 0.25) is 0 Å². The summed E-state index contributed by atoms with van der Waals surface area (Å²) in [5, 5.41) is 26.9. The number of aliphatic hydroxyl groups is 3. The fraction of sp³-hybridized carbons (Fsp3) is 0.938. The average molecular weight is 320 g/mol. The molecule has 132 valence electrons. The largest absolute Gasteiger partial charge is 0.463 e. The number of hydrogen-bond donors (Lipinski definition) is 3. The molecule has 22 heavy (non-hydrogen) atoms. The molecule has 2 unspecified atom stereocenters. The Balaban J connectivity index is 3.56. The van der Waals surface area contributed by atoms with Gasteiger partial charge in [-0.25, -0.2) is 0 Å². The lowest BCUT2D eigenvalue weighted by molar-refractivity contribution is -0.150. The number of ether oxygens (including phenoxy) is 2. The molecule has 6 nitrogen and oxygen atoms in total. The van der Waals surface area contributed by atoms with E-state index in [-0.39, 0.29) is 25.8 Å². The summed E-state index contributed by atoms with van der Waals surface area (Å²) < 4.78 is 10.2. The second kappa shape index (κ2) is 15.2. The van der Waals surface area contributed by atoms with Crippen LogP contribution in [-0.4, -0.2) is 59.9 Å². The van der Waals surface area contributed by atoms with Crippen molar-refractivity contribution in [2.45, 2.75) is 70.5 Å². The number of unbranched alkanes of at least 4 members (excludes halogenated alkanes) is 6. The van der Waals surface area contributed by atoms with E-state index in [1.54, 1.807) is 0 Å². The summed E-state index contributed by atoms with van der Waals surface area (Å²) in [6.45, 7) is 1.34. The lowest BCUT2D eigenvalue weighted by atomic mass is 10.1. The van der Waals surface area contributed by atoms with E-state index in [0.29, 0.717) is 6.42 Å². The third kappa shape index (κ3) is 13.0. The topological polar surface area (TPSA) is 96.2 Å². The minimum atomic E-state index is -0.988. The monoisotopic (exact) mass is 320 g/mol. The zero-order valence-corrected chi connectivity index (χ0v) is 13.7. The third-order valence-corrected chi connectivity index (χ3v) is 3.35. The molecule has 0 spiro atoms. The summed E-state index contributed by atoms with van der Waals surface area (Å²) in [4.78, 5) is 11.5. The molecule has 0 aliphatic carbocycles. The van der Waals surface area contributed by atoms with E-state index in [9.17, 15) is 4.79 Å². The normalized spacial score (nSPS) is 13.8. The van der Waals surface area contributed by atoms with Crippen molar-refractivity contribution in [2.75, 3.05) is 26.4 Å². The highest BCUT2D eigenvalue weighted by Gasteiger charge is 2.13. The summed E-state index contributed by atoms with van der Waals surface area (Å²) in [6, 6.07) is 0. The van der Waals surface area contributed by atoms with Gasteiger partial charge in [0.1, 0.15) is 18.8 Å².